The molecule has 0 spiro atoms. The maximum Gasteiger partial charge on any atom is 0.221 e. The van der Waals surface area contributed by atoms with Crippen LogP contribution in [0.25, 0.3) is 22.0 Å². The van der Waals surface area contributed by atoms with Gasteiger partial charge in [-0.2, -0.15) is 4.98 Å². The molecule has 0 aliphatic carbocycles. The molecular formula is C22H21N5. The number of hydrogen-bond donors (Lipinski definition) is 2. The number of aromatic nitrogens is 3. The highest BCUT2D eigenvalue weighted by Gasteiger charge is 2.12. The number of fused-ring (bicyclic) bond motifs is 1. The zero-order valence-electron chi connectivity index (χ0n) is 15.6. The molecule has 27 heavy (non-hydrogen) atoms. The lowest BCUT2D eigenvalue weighted by atomic mass is 10.0. The van der Waals surface area contributed by atoms with E-state index < -0.39 is 0 Å². The third-order valence-corrected chi connectivity index (χ3v) is 4.64. The molecule has 2 aromatic carbocycles. The first-order valence-electron chi connectivity index (χ1n) is 8.84. The van der Waals surface area contributed by atoms with Crippen molar-refractivity contribution in [3.05, 3.63) is 71.5 Å². The van der Waals surface area contributed by atoms with Crippen molar-refractivity contribution in [2.45, 2.75) is 20.8 Å². The molecule has 0 aliphatic rings. The van der Waals surface area contributed by atoms with Crippen LogP contribution in [0.3, 0.4) is 0 Å². The standard InChI is InChI=1S/C22H21N5/c1-13-9-14(2)20(15(3)10-13)26-21-18(12-25-22(23)27-21)16-6-7-19-17(11-16)5-4-8-24-19/h4-12H,1-3H3,(H3,23,25,26,27). The molecule has 0 unspecified atom stereocenters. The van der Waals surface area contributed by atoms with Crippen LogP contribution in [0.1, 0.15) is 16.7 Å². The fourth-order valence-corrected chi connectivity index (χ4v) is 3.44. The number of aryl methyl sites for hydroxylation is 3. The van der Waals surface area contributed by atoms with Gasteiger partial charge >= 0.3 is 0 Å². The second-order valence-corrected chi connectivity index (χ2v) is 6.80. The van der Waals surface area contributed by atoms with Crippen LogP contribution in [-0.4, -0.2) is 15.0 Å². The van der Waals surface area contributed by atoms with Crippen LogP contribution in [0.4, 0.5) is 17.5 Å². The average molecular weight is 355 g/mol. The summed E-state index contributed by atoms with van der Waals surface area (Å²) < 4.78 is 0. The number of pyridine rings is 1. The quantitative estimate of drug-likeness (QED) is 0.544. The summed E-state index contributed by atoms with van der Waals surface area (Å²) in [4.78, 5) is 13.1. The third-order valence-electron chi connectivity index (χ3n) is 4.64. The van der Waals surface area contributed by atoms with E-state index in [2.05, 4.69) is 59.2 Å². The highest BCUT2D eigenvalue weighted by atomic mass is 15.1. The van der Waals surface area contributed by atoms with E-state index in [9.17, 15) is 0 Å². The third kappa shape index (κ3) is 3.31. The van der Waals surface area contributed by atoms with Gasteiger partial charge in [-0.05, 0) is 55.7 Å². The van der Waals surface area contributed by atoms with Crippen LogP contribution in [0.5, 0.6) is 0 Å². The molecule has 0 fully saturated rings. The maximum absolute atomic E-state index is 5.88. The van der Waals surface area contributed by atoms with Crippen molar-refractivity contribution < 1.29 is 0 Å². The van der Waals surface area contributed by atoms with Gasteiger partial charge in [0.15, 0.2) is 0 Å². The first-order valence-corrected chi connectivity index (χ1v) is 8.84. The molecule has 4 rings (SSSR count). The average Bonchev–Trinajstić information content (AvgIpc) is 2.64. The molecule has 5 nitrogen and oxygen atoms in total. The predicted molar refractivity (Wildman–Crippen MR) is 111 cm³/mol. The lowest BCUT2D eigenvalue weighted by Gasteiger charge is -2.16. The van der Waals surface area contributed by atoms with Crippen molar-refractivity contribution in [1.82, 2.24) is 15.0 Å². The van der Waals surface area contributed by atoms with Crippen LogP contribution >= 0.6 is 0 Å². The summed E-state index contributed by atoms with van der Waals surface area (Å²) in [6.45, 7) is 6.28. The molecule has 2 heterocycles. The normalized spacial score (nSPS) is 10.9. The Morgan fingerprint density at radius 3 is 2.48 bits per heavy atom. The van der Waals surface area contributed by atoms with Gasteiger partial charge in [-0.3, -0.25) is 4.98 Å². The smallest absolute Gasteiger partial charge is 0.221 e. The summed E-state index contributed by atoms with van der Waals surface area (Å²) in [6, 6.07) is 14.4. The Morgan fingerprint density at radius 1 is 0.926 bits per heavy atom. The van der Waals surface area contributed by atoms with Crippen molar-refractivity contribution in [3.8, 4) is 11.1 Å². The number of hydrogen-bond acceptors (Lipinski definition) is 5. The Kier molecular flexibility index (Phi) is 4.20. The van der Waals surface area contributed by atoms with Gasteiger partial charge in [0, 0.05) is 29.0 Å². The van der Waals surface area contributed by atoms with E-state index in [0.717, 1.165) is 27.7 Å². The van der Waals surface area contributed by atoms with Crippen molar-refractivity contribution in [3.63, 3.8) is 0 Å². The number of anilines is 3. The van der Waals surface area contributed by atoms with Crippen LogP contribution in [0.2, 0.25) is 0 Å². The zero-order valence-corrected chi connectivity index (χ0v) is 15.6. The first-order chi connectivity index (χ1) is 13.0. The van der Waals surface area contributed by atoms with E-state index in [1.807, 2.05) is 24.3 Å². The fraction of sp³-hybridized carbons (Fsp3) is 0.136. The topological polar surface area (TPSA) is 76.7 Å². The van der Waals surface area contributed by atoms with Crippen LogP contribution < -0.4 is 11.1 Å². The summed E-state index contributed by atoms with van der Waals surface area (Å²) in [5.41, 5.74) is 13.4. The lowest BCUT2D eigenvalue weighted by Crippen LogP contribution is -2.04. The minimum Gasteiger partial charge on any atom is -0.368 e. The van der Waals surface area contributed by atoms with Crippen LogP contribution in [0, 0.1) is 20.8 Å². The van der Waals surface area contributed by atoms with Gasteiger partial charge in [-0.25, -0.2) is 4.98 Å². The summed E-state index contributed by atoms with van der Waals surface area (Å²) >= 11 is 0. The molecule has 0 bridgehead atoms. The van der Waals surface area contributed by atoms with Crippen molar-refractivity contribution in [2.24, 2.45) is 0 Å². The number of nitrogens with two attached hydrogens (primary N) is 1. The molecule has 0 aliphatic heterocycles. The van der Waals surface area contributed by atoms with E-state index in [0.29, 0.717) is 5.82 Å². The van der Waals surface area contributed by atoms with Crippen molar-refractivity contribution >= 4 is 28.4 Å². The molecule has 0 atom stereocenters. The van der Waals surface area contributed by atoms with Gasteiger partial charge in [0.05, 0.1) is 5.52 Å². The number of nitrogens with zero attached hydrogens (tertiary/aromatic N) is 3. The van der Waals surface area contributed by atoms with Crippen molar-refractivity contribution in [1.29, 1.82) is 0 Å². The lowest BCUT2D eigenvalue weighted by molar-refractivity contribution is 1.18. The van der Waals surface area contributed by atoms with Crippen LogP contribution in [-0.2, 0) is 0 Å². The number of nitrogen functional groups attached to an aromatic ring is 1. The van der Waals surface area contributed by atoms with Gasteiger partial charge < -0.3 is 11.1 Å². The molecule has 0 saturated carbocycles. The minimum absolute atomic E-state index is 0.242. The zero-order chi connectivity index (χ0) is 19.0. The molecule has 5 heteroatoms. The molecule has 2 aromatic heterocycles. The molecule has 3 N–H and O–H groups in total. The van der Waals surface area contributed by atoms with E-state index in [4.69, 9.17) is 5.73 Å². The summed E-state index contributed by atoms with van der Waals surface area (Å²) in [7, 11) is 0. The maximum atomic E-state index is 5.88. The molecule has 4 aromatic rings. The first kappa shape index (κ1) is 17.0. The van der Waals surface area contributed by atoms with E-state index >= 15 is 0 Å². The molecule has 0 radical (unpaired) electrons. The highest BCUT2D eigenvalue weighted by Crippen LogP contribution is 2.33. The largest absolute Gasteiger partial charge is 0.368 e. The van der Waals surface area contributed by atoms with Gasteiger partial charge in [-0.15, -0.1) is 0 Å². The van der Waals surface area contributed by atoms with Crippen molar-refractivity contribution in [2.75, 3.05) is 11.1 Å². The predicted octanol–water partition coefficient (Wildman–Crippen LogP) is 4.94. The molecule has 134 valence electrons. The van der Waals surface area contributed by atoms with Crippen LogP contribution in [0.15, 0.2) is 54.9 Å². The second-order valence-electron chi connectivity index (χ2n) is 6.80. The fourth-order valence-electron chi connectivity index (χ4n) is 3.44. The van der Waals surface area contributed by atoms with E-state index in [-0.39, 0.29) is 5.95 Å². The van der Waals surface area contributed by atoms with E-state index in [1.54, 1.807) is 12.4 Å². The molecule has 0 amide bonds. The summed E-state index contributed by atoms with van der Waals surface area (Å²) in [5.74, 6) is 0.937. The number of nitrogens with one attached hydrogen (secondary N) is 1. The van der Waals surface area contributed by atoms with Gasteiger partial charge in [-0.1, -0.05) is 29.8 Å². The monoisotopic (exact) mass is 355 g/mol. The van der Waals surface area contributed by atoms with Gasteiger partial charge in [0.1, 0.15) is 5.82 Å². The minimum atomic E-state index is 0.242. The highest BCUT2D eigenvalue weighted by molar-refractivity contribution is 5.88. The van der Waals surface area contributed by atoms with Gasteiger partial charge in [0.2, 0.25) is 5.95 Å². The van der Waals surface area contributed by atoms with E-state index in [1.165, 1.54) is 16.7 Å². The molecule has 0 saturated heterocycles. The number of benzene rings is 2. The van der Waals surface area contributed by atoms with Gasteiger partial charge in [0.25, 0.3) is 0 Å². The summed E-state index contributed by atoms with van der Waals surface area (Å²) in [5, 5.41) is 4.55. The Hall–Kier alpha value is -3.47. The number of rotatable bonds is 3. The SMILES string of the molecule is Cc1cc(C)c(Nc2nc(N)ncc2-c2ccc3ncccc3c2)c(C)c1. The Balaban J connectivity index is 1.83. The Labute approximate surface area is 158 Å². The second kappa shape index (κ2) is 6.68. The Bertz CT molecular complexity index is 1130. The summed E-state index contributed by atoms with van der Waals surface area (Å²) in [6.07, 6.45) is 3.56. The molecular weight excluding hydrogens is 334 g/mol. The Morgan fingerprint density at radius 2 is 1.70 bits per heavy atom.